The second-order valence-corrected chi connectivity index (χ2v) is 2.81. The molecule has 0 saturated heterocycles. The van der Waals surface area contributed by atoms with Crippen LogP contribution in [0.3, 0.4) is 0 Å². The number of hydrogen-bond donors (Lipinski definition) is 3. The smallest absolute Gasteiger partial charge is 0.328 e. The number of carbonyl (C=O) groups is 2. The molecule has 0 radical (unpaired) electrons. The molecule has 5 nitrogen and oxygen atoms in total. The zero-order valence-corrected chi connectivity index (χ0v) is 7.57. The lowest BCUT2D eigenvalue weighted by Crippen LogP contribution is -2.47. The summed E-state index contributed by atoms with van der Waals surface area (Å²) >= 11 is 0. The SMILES string of the molecule is C=C(C)C(=O)N[C@H](C(=O)O)[C@@H](C)O. The van der Waals surface area contributed by atoms with Crippen molar-refractivity contribution in [3.05, 3.63) is 12.2 Å². The van der Waals surface area contributed by atoms with Gasteiger partial charge in [0.25, 0.3) is 0 Å². The van der Waals surface area contributed by atoms with E-state index in [1.54, 1.807) is 0 Å². The number of rotatable bonds is 4. The van der Waals surface area contributed by atoms with Crippen molar-refractivity contribution in [2.45, 2.75) is 26.0 Å². The van der Waals surface area contributed by atoms with Crippen molar-refractivity contribution in [3.8, 4) is 0 Å². The molecule has 0 bridgehead atoms. The van der Waals surface area contributed by atoms with E-state index in [0.29, 0.717) is 0 Å². The van der Waals surface area contributed by atoms with Crippen molar-refractivity contribution in [1.29, 1.82) is 0 Å². The summed E-state index contributed by atoms with van der Waals surface area (Å²) in [6.07, 6.45) is -1.14. The van der Waals surface area contributed by atoms with E-state index in [9.17, 15) is 9.59 Å². The molecule has 0 aliphatic carbocycles. The topological polar surface area (TPSA) is 86.6 Å². The Kier molecular flexibility index (Phi) is 4.13. The van der Waals surface area contributed by atoms with E-state index >= 15 is 0 Å². The molecule has 3 N–H and O–H groups in total. The Hall–Kier alpha value is -1.36. The van der Waals surface area contributed by atoms with E-state index in [1.165, 1.54) is 13.8 Å². The van der Waals surface area contributed by atoms with E-state index in [0.717, 1.165) is 0 Å². The summed E-state index contributed by atoms with van der Waals surface area (Å²) in [6.45, 7) is 6.08. The number of carbonyl (C=O) groups excluding carboxylic acids is 1. The first-order valence-corrected chi connectivity index (χ1v) is 3.73. The van der Waals surface area contributed by atoms with Crippen LogP contribution in [0.2, 0.25) is 0 Å². The van der Waals surface area contributed by atoms with Crippen molar-refractivity contribution in [2.24, 2.45) is 0 Å². The highest BCUT2D eigenvalue weighted by molar-refractivity contribution is 5.94. The maximum absolute atomic E-state index is 11.0. The number of aliphatic hydroxyl groups excluding tert-OH is 1. The second kappa shape index (κ2) is 4.61. The largest absolute Gasteiger partial charge is 0.480 e. The minimum atomic E-state index is -1.29. The molecule has 0 aromatic carbocycles. The molecule has 0 spiro atoms. The summed E-state index contributed by atoms with van der Waals surface area (Å²) in [5, 5.41) is 19.7. The zero-order valence-electron chi connectivity index (χ0n) is 7.57. The van der Waals surface area contributed by atoms with E-state index in [2.05, 4.69) is 11.9 Å². The molecule has 0 fully saturated rings. The number of aliphatic hydroxyl groups is 1. The summed E-state index contributed by atoms with van der Waals surface area (Å²) in [6, 6.07) is -1.29. The fraction of sp³-hybridized carbons (Fsp3) is 0.500. The third-order valence-corrected chi connectivity index (χ3v) is 1.42. The Morgan fingerprint density at radius 3 is 2.15 bits per heavy atom. The predicted octanol–water partition coefficient (Wildman–Crippen LogP) is -0.487. The molecule has 0 heterocycles. The molecule has 1 amide bonds. The Labute approximate surface area is 76.1 Å². The maximum atomic E-state index is 11.0. The van der Waals surface area contributed by atoms with Gasteiger partial charge >= 0.3 is 5.97 Å². The maximum Gasteiger partial charge on any atom is 0.328 e. The fourth-order valence-corrected chi connectivity index (χ4v) is 0.653. The van der Waals surface area contributed by atoms with Gasteiger partial charge in [0.05, 0.1) is 6.10 Å². The first-order valence-electron chi connectivity index (χ1n) is 3.73. The van der Waals surface area contributed by atoms with Gasteiger partial charge in [0.15, 0.2) is 6.04 Å². The summed E-state index contributed by atoms with van der Waals surface area (Å²) in [5.74, 6) is -1.85. The Balaban J connectivity index is 4.36. The van der Waals surface area contributed by atoms with Crippen molar-refractivity contribution < 1.29 is 19.8 Å². The quantitative estimate of drug-likeness (QED) is 0.518. The van der Waals surface area contributed by atoms with Gasteiger partial charge in [-0.1, -0.05) is 6.58 Å². The Morgan fingerprint density at radius 1 is 1.46 bits per heavy atom. The third-order valence-electron chi connectivity index (χ3n) is 1.42. The van der Waals surface area contributed by atoms with Crippen LogP contribution in [0.1, 0.15) is 13.8 Å². The number of amides is 1. The van der Waals surface area contributed by atoms with Gasteiger partial charge < -0.3 is 15.5 Å². The number of aliphatic carboxylic acids is 1. The molecule has 5 heteroatoms. The standard InChI is InChI=1S/C8H13NO4/c1-4(2)7(11)9-6(5(3)10)8(12)13/h5-6,10H,1H2,2-3H3,(H,9,11)(H,12,13)/t5-,6+/m1/s1. The molecule has 0 aliphatic rings. The van der Waals surface area contributed by atoms with Gasteiger partial charge in [0.1, 0.15) is 0 Å². The van der Waals surface area contributed by atoms with Gasteiger partial charge in [0, 0.05) is 5.57 Å². The molecule has 2 atom stereocenters. The Morgan fingerprint density at radius 2 is 1.92 bits per heavy atom. The average molecular weight is 187 g/mol. The highest BCUT2D eigenvalue weighted by Gasteiger charge is 2.24. The first kappa shape index (κ1) is 11.6. The van der Waals surface area contributed by atoms with E-state index in [-0.39, 0.29) is 5.57 Å². The minimum Gasteiger partial charge on any atom is -0.480 e. The van der Waals surface area contributed by atoms with Crippen LogP contribution in [0.5, 0.6) is 0 Å². The van der Waals surface area contributed by atoms with Gasteiger partial charge in [-0.2, -0.15) is 0 Å². The van der Waals surface area contributed by atoms with Gasteiger partial charge in [-0.15, -0.1) is 0 Å². The number of nitrogens with one attached hydrogen (secondary N) is 1. The van der Waals surface area contributed by atoms with Crippen LogP contribution in [-0.2, 0) is 9.59 Å². The van der Waals surface area contributed by atoms with Gasteiger partial charge in [-0.25, -0.2) is 4.79 Å². The number of carboxylic acids is 1. The van der Waals surface area contributed by atoms with Crippen LogP contribution in [-0.4, -0.2) is 34.2 Å². The lowest BCUT2D eigenvalue weighted by Gasteiger charge is -2.16. The summed E-state index contributed by atoms with van der Waals surface area (Å²) in [5.41, 5.74) is 0.201. The van der Waals surface area contributed by atoms with Crippen molar-refractivity contribution in [3.63, 3.8) is 0 Å². The summed E-state index contributed by atoms with van der Waals surface area (Å²) < 4.78 is 0. The fourth-order valence-electron chi connectivity index (χ4n) is 0.653. The van der Waals surface area contributed by atoms with Crippen LogP contribution in [0, 0.1) is 0 Å². The lowest BCUT2D eigenvalue weighted by molar-refractivity contribution is -0.144. The second-order valence-electron chi connectivity index (χ2n) is 2.81. The van der Waals surface area contributed by atoms with Gasteiger partial charge in [-0.05, 0) is 13.8 Å². The number of carboxylic acid groups (broad SMARTS) is 1. The molecule has 0 aliphatic heterocycles. The molecule has 74 valence electrons. The van der Waals surface area contributed by atoms with Crippen LogP contribution < -0.4 is 5.32 Å². The zero-order chi connectivity index (χ0) is 10.6. The van der Waals surface area contributed by atoms with E-state index < -0.39 is 24.0 Å². The average Bonchev–Trinajstić information content (AvgIpc) is 1.97. The third kappa shape index (κ3) is 3.71. The molecule has 0 rings (SSSR count). The summed E-state index contributed by atoms with van der Waals surface area (Å²) in [7, 11) is 0. The molecule has 0 saturated carbocycles. The van der Waals surface area contributed by atoms with Gasteiger partial charge in [-0.3, -0.25) is 4.79 Å². The Bertz CT molecular complexity index is 234. The van der Waals surface area contributed by atoms with Crippen LogP contribution in [0.15, 0.2) is 12.2 Å². The highest BCUT2D eigenvalue weighted by Crippen LogP contribution is 1.95. The first-order chi connectivity index (χ1) is 5.86. The molecule has 0 unspecified atom stereocenters. The van der Waals surface area contributed by atoms with Crippen LogP contribution >= 0.6 is 0 Å². The van der Waals surface area contributed by atoms with Crippen molar-refractivity contribution >= 4 is 11.9 Å². The van der Waals surface area contributed by atoms with Crippen LogP contribution in [0.4, 0.5) is 0 Å². The molecule has 0 aromatic rings. The van der Waals surface area contributed by atoms with Gasteiger partial charge in [0.2, 0.25) is 5.91 Å². The minimum absolute atomic E-state index is 0.201. The summed E-state index contributed by atoms with van der Waals surface area (Å²) in [4.78, 5) is 21.5. The highest BCUT2D eigenvalue weighted by atomic mass is 16.4. The molecular formula is C8H13NO4. The predicted molar refractivity (Wildman–Crippen MR) is 46.1 cm³/mol. The molecule has 13 heavy (non-hydrogen) atoms. The van der Waals surface area contributed by atoms with Crippen LogP contribution in [0.25, 0.3) is 0 Å². The van der Waals surface area contributed by atoms with Crippen molar-refractivity contribution in [1.82, 2.24) is 5.32 Å². The monoisotopic (exact) mass is 187 g/mol. The molecule has 0 aromatic heterocycles. The molecular weight excluding hydrogens is 174 g/mol. The van der Waals surface area contributed by atoms with Crippen molar-refractivity contribution in [2.75, 3.05) is 0 Å². The van der Waals surface area contributed by atoms with E-state index in [4.69, 9.17) is 10.2 Å². The van der Waals surface area contributed by atoms with E-state index in [1.807, 2.05) is 0 Å². The normalized spacial score (nSPS) is 14.4. The number of hydrogen-bond acceptors (Lipinski definition) is 3. The lowest BCUT2D eigenvalue weighted by atomic mass is 10.1.